The van der Waals surface area contributed by atoms with Crippen molar-refractivity contribution >= 4 is 5.97 Å². The van der Waals surface area contributed by atoms with Crippen molar-refractivity contribution in [2.24, 2.45) is 34.0 Å². The monoisotopic (exact) mass is 374 g/mol. The zero-order valence-electron chi connectivity index (χ0n) is 17.1. The van der Waals surface area contributed by atoms with Gasteiger partial charge in [0, 0.05) is 12.3 Å². The van der Waals surface area contributed by atoms with Crippen LogP contribution in [0.4, 0.5) is 0 Å². The molecule has 0 aromatic carbocycles. The van der Waals surface area contributed by atoms with Crippen molar-refractivity contribution in [1.82, 2.24) is 0 Å². The Morgan fingerprint density at radius 1 is 1.07 bits per heavy atom. The molecule has 1 saturated heterocycles. The van der Waals surface area contributed by atoms with Gasteiger partial charge in [0.05, 0.1) is 25.7 Å². The Labute approximate surface area is 163 Å². The van der Waals surface area contributed by atoms with Crippen LogP contribution in [0.15, 0.2) is 12.2 Å². The summed E-state index contributed by atoms with van der Waals surface area (Å²) in [5.74, 6) is 0.974. The van der Waals surface area contributed by atoms with E-state index in [4.69, 9.17) is 14.2 Å². The molecule has 6 atom stereocenters. The topological polar surface area (TPSA) is 44.8 Å². The molecular formula is C23H34O4. The molecule has 5 aliphatic rings. The minimum Gasteiger partial charge on any atom is -0.469 e. The molecule has 2 spiro atoms. The lowest BCUT2D eigenvalue weighted by Gasteiger charge is -2.72. The van der Waals surface area contributed by atoms with Crippen molar-refractivity contribution in [3.8, 4) is 0 Å². The van der Waals surface area contributed by atoms with Crippen LogP contribution in [0.1, 0.15) is 65.2 Å². The first-order valence-corrected chi connectivity index (χ1v) is 10.9. The van der Waals surface area contributed by atoms with E-state index in [2.05, 4.69) is 20.4 Å². The predicted octanol–water partition coefficient (Wildman–Crippen LogP) is 4.48. The van der Waals surface area contributed by atoms with E-state index in [1.54, 1.807) is 7.11 Å². The maximum atomic E-state index is 12.8. The fourth-order valence-electron chi connectivity index (χ4n) is 8.80. The molecule has 1 aliphatic heterocycles. The van der Waals surface area contributed by atoms with Crippen molar-refractivity contribution in [3.63, 3.8) is 0 Å². The van der Waals surface area contributed by atoms with E-state index in [1.165, 1.54) is 18.4 Å². The second-order valence-electron chi connectivity index (χ2n) is 10.5. The highest BCUT2D eigenvalue weighted by molar-refractivity contribution is 5.77. The predicted molar refractivity (Wildman–Crippen MR) is 102 cm³/mol. The van der Waals surface area contributed by atoms with Crippen molar-refractivity contribution in [1.29, 1.82) is 0 Å². The van der Waals surface area contributed by atoms with E-state index >= 15 is 0 Å². The van der Waals surface area contributed by atoms with Gasteiger partial charge in [-0.1, -0.05) is 25.5 Å². The van der Waals surface area contributed by atoms with Crippen LogP contribution >= 0.6 is 0 Å². The van der Waals surface area contributed by atoms with E-state index in [9.17, 15) is 4.79 Å². The summed E-state index contributed by atoms with van der Waals surface area (Å²) in [6, 6.07) is 0. The zero-order valence-corrected chi connectivity index (χ0v) is 17.1. The summed E-state index contributed by atoms with van der Waals surface area (Å²) in [6.07, 6.45) is 8.83. The fourth-order valence-corrected chi connectivity index (χ4v) is 8.80. The van der Waals surface area contributed by atoms with E-state index < -0.39 is 5.79 Å². The van der Waals surface area contributed by atoms with Gasteiger partial charge >= 0.3 is 5.97 Å². The molecule has 4 nitrogen and oxygen atoms in total. The first-order chi connectivity index (χ1) is 12.8. The van der Waals surface area contributed by atoms with Gasteiger partial charge in [-0.15, -0.1) is 0 Å². The van der Waals surface area contributed by atoms with Crippen LogP contribution in [0, 0.1) is 34.0 Å². The minimum absolute atomic E-state index is 0.00122. The number of ether oxygens (including phenoxy) is 3. The van der Waals surface area contributed by atoms with Gasteiger partial charge < -0.3 is 14.2 Å². The molecule has 4 heteroatoms. The number of hydrogen-bond acceptors (Lipinski definition) is 4. The van der Waals surface area contributed by atoms with Crippen molar-refractivity contribution in [2.45, 2.75) is 71.0 Å². The number of fused-ring (bicyclic) bond motifs is 3. The highest BCUT2D eigenvalue weighted by atomic mass is 16.7. The van der Waals surface area contributed by atoms with Gasteiger partial charge in [0.15, 0.2) is 5.79 Å². The second kappa shape index (κ2) is 5.60. The standard InChI is InChI=1S/C23H34O4/c1-15-14-22-10-6-16-20(2,8-5-9-21(16,3)19(24)25-4)17(22)7-11-23(18(15)22)26-12-13-27-23/h16-18H,1,5-14H2,2-4H3/t16-,17-,18+,20+,21-,22+/m1/s1. The number of carbonyl (C=O) groups excluding carboxylic acids is 1. The van der Waals surface area contributed by atoms with E-state index in [0.717, 1.165) is 38.5 Å². The molecule has 4 aliphatic carbocycles. The Morgan fingerprint density at radius 3 is 2.44 bits per heavy atom. The maximum absolute atomic E-state index is 12.8. The Kier molecular flexibility index (Phi) is 3.77. The van der Waals surface area contributed by atoms with Gasteiger partial charge in [-0.05, 0) is 68.1 Å². The molecule has 0 bridgehead atoms. The van der Waals surface area contributed by atoms with Crippen molar-refractivity contribution in [2.75, 3.05) is 20.3 Å². The third-order valence-electron chi connectivity index (χ3n) is 9.55. The summed E-state index contributed by atoms with van der Waals surface area (Å²) in [7, 11) is 1.55. The molecule has 0 aromatic heterocycles. The largest absolute Gasteiger partial charge is 0.469 e. The fraction of sp³-hybridized carbons (Fsp3) is 0.870. The average molecular weight is 375 g/mol. The van der Waals surface area contributed by atoms with Gasteiger partial charge in [0.25, 0.3) is 0 Å². The van der Waals surface area contributed by atoms with Crippen molar-refractivity contribution in [3.05, 3.63) is 12.2 Å². The van der Waals surface area contributed by atoms with Gasteiger partial charge in [-0.3, -0.25) is 4.79 Å². The molecule has 0 amide bonds. The van der Waals surface area contributed by atoms with E-state index in [0.29, 0.717) is 31.0 Å². The van der Waals surface area contributed by atoms with Crippen LogP contribution in [0.3, 0.4) is 0 Å². The Morgan fingerprint density at radius 2 is 1.78 bits per heavy atom. The normalized spacial score (nSPS) is 50.3. The Hall–Kier alpha value is -0.870. The molecule has 1 heterocycles. The molecular weight excluding hydrogens is 340 g/mol. The summed E-state index contributed by atoms with van der Waals surface area (Å²) in [4.78, 5) is 12.8. The first kappa shape index (κ1) is 18.2. The molecule has 4 saturated carbocycles. The van der Waals surface area contributed by atoms with Gasteiger partial charge in [-0.25, -0.2) is 0 Å². The smallest absolute Gasteiger partial charge is 0.311 e. The highest BCUT2D eigenvalue weighted by Gasteiger charge is 2.73. The molecule has 0 aromatic rings. The average Bonchev–Trinajstić information content (AvgIpc) is 3.07. The summed E-state index contributed by atoms with van der Waals surface area (Å²) in [5.41, 5.74) is 1.45. The lowest BCUT2D eigenvalue weighted by Crippen LogP contribution is -2.69. The lowest BCUT2D eigenvalue weighted by molar-refractivity contribution is -0.300. The van der Waals surface area contributed by atoms with Crippen LogP contribution in [0.5, 0.6) is 0 Å². The molecule has 0 radical (unpaired) electrons. The second-order valence-corrected chi connectivity index (χ2v) is 10.5. The van der Waals surface area contributed by atoms with Crippen LogP contribution in [-0.4, -0.2) is 32.1 Å². The van der Waals surface area contributed by atoms with Gasteiger partial charge in [0.1, 0.15) is 0 Å². The summed E-state index contributed by atoms with van der Waals surface area (Å²) in [6.45, 7) is 10.5. The number of rotatable bonds is 1. The SMILES string of the molecule is C=C1C[C@@]23CC[C@@H]4[C@](C)(CCC[C@@]4(C)C(=O)OC)[C@H]2CCC2(OCCO2)[C@@H]13. The van der Waals surface area contributed by atoms with E-state index in [1.807, 2.05) is 0 Å². The highest BCUT2D eigenvalue weighted by Crippen LogP contribution is 2.76. The van der Waals surface area contributed by atoms with E-state index in [-0.39, 0.29) is 22.2 Å². The quantitative estimate of drug-likeness (QED) is 0.501. The molecule has 0 N–H and O–H groups in total. The summed E-state index contributed by atoms with van der Waals surface area (Å²) >= 11 is 0. The van der Waals surface area contributed by atoms with Gasteiger partial charge in [-0.2, -0.15) is 0 Å². The number of esters is 1. The third-order valence-corrected chi connectivity index (χ3v) is 9.55. The van der Waals surface area contributed by atoms with Crippen LogP contribution in [0.2, 0.25) is 0 Å². The molecule has 5 rings (SSSR count). The summed E-state index contributed by atoms with van der Waals surface area (Å²) < 4.78 is 17.8. The molecule has 0 unspecified atom stereocenters. The molecule has 27 heavy (non-hydrogen) atoms. The third kappa shape index (κ3) is 2.04. The maximum Gasteiger partial charge on any atom is 0.311 e. The number of carbonyl (C=O) groups is 1. The number of methoxy groups -OCH3 is 1. The van der Waals surface area contributed by atoms with Crippen LogP contribution in [0.25, 0.3) is 0 Å². The van der Waals surface area contributed by atoms with Crippen LogP contribution in [-0.2, 0) is 19.0 Å². The summed E-state index contributed by atoms with van der Waals surface area (Å²) in [5, 5.41) is 0. The zero-order chi connectivity index (χ0) is 19.1. The number of hydrogen-bond donors (Lipinski definition) is 0. The van der Waals surface area contributed by atoms with Gasteiger partial charge in [0.2, 0.25) is 0 Å². The van der Waals surface area contributed by atoms with Crippen molar-refractivity contribution < 1.29 is 19.0 Å². The first-order valence-electron chi connectivity index (χ1n) is 10.9. The Bertz CT molecular complexity index is 680. The Balaban J connectivity index is 1.54. The molecule has 150 valence electrons. The minimum atomic E-state index is -0.407. The van der Waals surface area contributed by atoms with Crippen LogP contribution < -0.4 is 0 Å². The lowest BCUT2D eigenvalue weighted by atomic mass is 9.33. The molecule has 5 fully saturated rings.